The largest absolute Gasteiger partial charge is 0.341 e. The molecule has 0 saturated heterocycles. The summed E-state index contributed by atoms with van der Waals surface area (Å²) in [6, 6.07) is 5.08. The van der Waals surface area contributed by atoms with Gasteiger partial charge in [0.1, 0.15) is 17.3 Å². The second kappa shape index (κ2) is 9.75. The molecule has 0 aliphatic heterocycles. The lowest BCUT2D eigenvalue weighted by Gasteiger charge is -2.09. The molecule has 1 aromatic carbocycles. The van der Waals surface area contributed by atoms with E-state index in [0.29, 0.717) is 17.6 Å². The molecular weight excluding hydrogens is 392 g/mol. The van der Waals surface area contributed by atoms with Crippen LogP contribution in [0.3, 0.4) is 0 Å². The van der Waals surface area contributed by atoms with E-state index in [9.17, 15) is 13.6 Å². The SMILES string of the molecule is CN(C)CCCNCc1cn(Cc2ccc(F)cc2F)c2cnc(C(=O)NO)cc12. The highest BCUT2D eigenvalue weighted by Crippen LogP contribution is 2.24. The smallest absolute Gasteiger partial charge is 0.293 e. The van der Waals surface area contributed by atoms with Crippen molar-refractivity contribution in [2.75, 3.05) is 27.2 Å². The summed E-state index contributed by atoms with van der Waals surface area (Å²) in [5.41, 5.74) is 3.61. The van der Waals surface area contributed by atoms with E-state index in [2.05, 4.69) is 15.2 Å². The molecule has 0 aliphatic carbocycles. The molecule has 160 valence electrons. The van der Waals surface area contributed by atoms with Crippen molar-refractivity contribution < 1.29 is 18.8 Å². The van der Waals surface area contributed by atoms with Gasteiger partial charge in [-0.2, -0.15) is 0 Å². The number of hydrogen-bond acceptors (Lipinski definition) is 5. The number of nitrogens with one attached hydrogen (secondary N) is 2. The first-order valence-electron chi connectivity index (χ1n) is 9.60. The van der Waals surface area contributed by atoms with Gasteiger partial charge in [-0.15, -0.1) is 0 Å². The predicted molar refractivity (Wildman–Crippen MR) is 109 cm³/mol. The summed E-state index contributed by atoms with van der Waals surface area (Å²) in [5, 5.41) is 13.0. The Morgan fingerprint density at radius 3 is 2.73 bits per heavy atom. The molecule has 3 aromatic rings. The minimum absolute atomic E-state index is 0.0737. The first kappa shape index (κ1) is 21.8. The summed E-state index contributed by atoms with van der Waals surface area (Å²) >= 11 is 0. The normalized spacial score (nSPS) is 11.4. The molecule has 0 unspecified atom stereocenters. The van der Waals surface area contributed by atoms with E-state index >= 15 is 0 Å². The van der Waals surface area contributed by atoms with E-state index in [1.807, 2.05) is 24.9 Å². The zero-order valence-corrected chi connectivity index (χ0v) is 17.0. The fourth-order valence-electron chi connectivity index (χ4n) is 3.29. The molecule has 0 saturated carbocycles. The maximum absolute atomic E-state index is 14.1. The van der Waals surface area contributed by atoms with Gasteiger partial charge >= 0.3 is 0 Å². The Morgan fingerprint density at radius 2 is 2.03 bits per heavy atom. The zero-order chi connectivity index (χ0) is 21.7. The Kier molecular flexibility index (Phi) is 7.09. The van der Waals surface area contributed by atoms with Gasteiger partial charge in [-0.05, 0) is 51.3 Å². The summed E-state index contributed by atoms with van der Waals surface area (Å²) < 4.78 is 29.2. The lowest BCUT2D eigenvalue weighted by molar-refractivity contribution is 0.0701. The van der Waals surface area contributed by atoms with Gasteiger partial charge in [0, 0.05) is 29.8 Å². The van der Waals surface area contributed by atoms with Crippen LogP contribution in [0.1, 0.15) is 28.0 Å². The summed E-state index contributed by atoms with van der Waals surface area (Å²) in [4.78, 5) is 18.0. The molecule has 30 heavy (non-hydrogen) atoms. The number of aromatic nitrogens is 2. The molecule has 7 nitrogen and oxygen atoms in total. The van der Waals surface area contributed by atoms with Gasteiger partial charge in [0.15, 0.2) is 0 Å². The number of amides is 1. The number of fused-ring (bicyclic) bond motifs is 1. The third kappa shape index (κ3) is 5.18. The lowest BCUT2D eigenvalue weighted by Crippen LogP contribution is -2.21. The number of pyridine rings is 1. The molecule has 0 radical (unpaired) electrons. The number of hydrogen-bond donors (Lipinski definition) is 3. The van der Waals surface area contributed by atoms with Crippen molar-refractivity contribution in [3.05, 3.63) is 65.1 Å². The van der Waals surface area contributed by atoms with Gasteiger partial charge in [0.05, 0.1) is 18.3 Å². The Hall–Kier alpha value is -2.88. The van der Waals surface area contributed by atoms with Crippen LogP contribution in [-0.2, 0) is 13.1 Å². The van der Waals surface area contributed by atoms with Crippen molar-refractivity contribution in [2.24, 2.45) is 0 Å². The monoisotopic (exact) mass is 417 g/mol. The van der Waals surface area contributed by atoms with Crippen LogP contribution in [0.4, 0.5) is 8.78 Å². The van der Waals surface area contributed by atoms with E-state index < -0.39 is 17.5 Å². The van der Waals surface area contributed by atoms with Crippen LogP contribution in [0.2, 0.25) is 0 Å². The van der Waals surface area contributed by atoms with Crippen LogP contribution in [-0.4, -0.2) is 52.8 Å². The van der Waals surface area contributed by atoms with Gasteiger partial charge in [0.2, 0.25) is 0 Å². The molecule has 2 heterocycles. The number of nitrogens with zero attached hydrogens (tertiary/aromatic N) is 3. The van der Waals surface area contributed by atoms with Crippen molar-refractivity contribution >= 4 is 16.8 Å². The maximum Gasteiger partial charge on any atom is 0.293 e. The average Bonchev–Trinajstić information content (AvgIpc) is 3.05. The van der Waals surface area contributed by atoms with Crippen LogP contribution < -0.4 is 10.8 Å². The van der Waals surface area contributed by atoms with E-state index in [0.717, 1.165) is 36.5 Å². The number of rotatable bonds is 9. The van der Waals surface area contributed by atoms with E-state index in [4.69, 9.17) is 5.21 Å². The Bertz CT molecular complexity index is 1040. The fraction of sp³-hybridized carbons (Fsp3) is 0.333. The summed E-state index contributed by atoms with van der Waals surface area (Å²) in [6.07, 6.45) is 4.36. The van der Waals surface area contributed by atoms with Crippen molar-refractivity contribution in [1.82, 2.24) is 25.2 Å². The molecule has 3 rings (SSSR count). The van der Waals surface area contributed by atoms with E-state index in [1.54, 1.807) is 11.5 Å². The second-order valence-electron chi connectivity index (χ2n) is 7.38. The maximum atomic E-state index is 14.1. The highest BCUT2D eigenvalue weighted by molar-refractivity contribution is 5.96. The minimum atomic E-state index is -0.709. The molecule has 0 spiro atoms. The van der Waals surface area contributed by atoms with Crippen LogP contribution >= 0.6 is 0 Å². The predicted octanol–water partition coefficient (Wildman–Crippen LogP) is 2.52. The van der Waals surface area contributed by atoms with Gasteiger partial charge in [0.25, 0.3) is 5.91 Å². The fourth-order valence-corrected chi connectivity index (χ4v) is 3.29. The number of hydroxylamine groups is 1. The molecule has 9 heteroatoms. The molecule has 3 N–H and O–H groups in total. The highest BCUT2D eigenvalue weighted by atomic mass is 19.1. The van der Waals surface area contributed by atoms with Crippen LogP contribution in [0, 0.1) is 11.6 Å². The molecule has 0 bridgehead atoms. The third-order valence-electron chi connectivity index (χ3n) is 4.81. The van der Waals surface area contributed by atoms with Crippen molar-refractivity contribution in [3.8, 4) is 0 Å². The molecule has 1 amide bonds. The summed E-state index contributed by atoms with van der Waals surface area (Å²) in [7, 11) is 4.03. The van der Waals surface area contributed by atoms with Crippen LogP contribution in [0.25, 0.3) is 10.9 Å². The molecule has 0 atom stereocenters. The lowest BCUT2D eigenvalue weighted by atomic mass is 10.1. The Labute approximate surface area is 173 Å². The highest BCUT2D eigenvalue weighted by Gasteiger charge is 2.15. The number of benzene rings is 1. The molecule has 0 aliphatic rings. The third-order valence-corrected chi connectivity index (χ3v) is 4.81. The summed E-state index contributed by atoms with van der Waals surface area (Å²) in [6.45, 7) is 2.51. The van der Waals surface area contributed by atoms with Gasteiger partial charge in [-0.25, -0.2) is 19.2 Å². The number of carbonyl (C=O) groups is 1. The van der Waals surface area contributed by atoms with Crippen molar-refractivity contribution in [3.63, 3.8) is 0 Å². The quantitative estimate of drug-likeness (QED) is 0.283. The number of halogens is 2. The van der Waals surface area contributed by atoms with Gasteiger partial charge in [-0.1, -0.05) is 6.07 Å². The summed E-state index contributed by atoms with van der Waals surface area (Å²) in [5.74, 6) is -1.96. The first-order chi connectivity index (χ1) is 14.4. The standard InChI is InChI=1S/C21H25F2N5O2/c1-27(2)7-3-6-24-10-15-13-28(12-14-4-5-16(22)8-18(14)23)20-11-25-19(9-17(15)20)21(29)26-30/h4-5,8-9,11,13,24,30H,3,6-7,10,12H2,1-2H3,(H,26,29). The minimum Gasteiger partial charge on any atom is -0.341 e. The van der Waals surface area contributed by atoms with E-state index in [-0.39, 0.29) is 12.2 Å². The van der Waals surface area contributed by atoms with Crippen molar-refractivity contribution in [2.45, 2.75) is 19.5 Å². The molecular formula is C21H25F2N5O2. The van der Waals surface area contributed by atoms with Gasteiger partial charge < -0.3 is 14.8 Å². The first-order valence-corrected chi connectivity index (χ1v) is 9.60. The van der Waals surface area contributed by atoms with Crippen LogP contribution in [0.15, 0.2) is 36.7 Å². The topological polar surface area (TPSA) is 82.4 Å². The Morgan fingerprint density at radius 1 is 1.23 bits per heavy atom. The zero-order valence-electron chi connectivity index (χ0n) is 17.0. The average molecular weight is 417 g/mol. The van der Waals surface area contributed by atoms with E-state index in [1.165, 1.54) is 18.3 Å². The Balaban J connectivity index is 1.89. The van der Waals surface area contributed by atoms with Gasteiger partial charge in [-0.3, -0.25) is 10.0 Å². The van der Waals surface area contributed by atoms with Crippen LogP contribution in [0.5, 0.6) is 0 Å². The molecule has 2 aromatic heterocycles. The number of carbonyl (C=O) groups excluding carboxylic acids is 1. The molecule has 0 fully saturated rings. The second-order valence-corrected chi connectivity index (χ2v) is 7.38. The van der Waals surface area contributed by atoms with Crippen molar-refractivity contribution in [1.29, 1.82) is 0 Å².